The summed E-state index contributed by atoms with van der Waals surface area (Å²) in [6.45, 7) is 0. The maximum Gasteiger partial charge on any atom is 0.229 e. The fourth-order valence-corrected chi connectivity index (χ4v) is 3.15. The van der Waals surface area contributed by atoms with Gasteiger partial charge in [-0.25, -0.2) is 8.42 Å². The zero-order valence-electron chi connectivity index (χ0n) is 12.1. The summed E-state index contributed by atoms with van der Waals surface area (Å²) in [5.74, 6) is 0.989. The molecule has 2 N–H and O–H groups in total. The molecule has 1 aliphatic rings. The fourth-order valence-electron chi connectivity index (χ4n) is 2.59. The topological polar surface area (TPSA) is 75.6 Å². The van der Waals surface area contributed by atoms with Gasteiger partial charge in [0.1, 0.15) is 5.75 Å². The van der Waals surface area contributed by atoms with E-state index in [4.69, 9.17) is 4.74 Å². The third-order valence-corrected chi connectivity index (χ3v) is 4.14. The third-order valence-electron chi connectivity index (χ3n) is 3.55. The average molecular weight is 319 g/mol. The lowest BCUT2D eigenvalue weighted by Gasteiger charge is -2.15. The number of aliphatic hydroxyl groups is 1. The van der Waals surface area contributed by atoms with E-state index in [9.17, 15) is 13.5 Å². The monoisotopic (exact) mass is 319 g/mol. The molecule has 1 aliphatic carbocycles. The molecule has 5 nitrogen and oxygen atoms in total. The largest absolute Gasteiger partial charge is 0.455 e. The number of anilines is 1. The summed E-state index contributed by atoms with van der Waals surface area (Å²) < 4.78 is 31.4. The predicted octanol–water partition coefficient (Wildman–Crippen LogP) is 2.83. The number of benzene rings is 2. The molecule has 0 heterocycles. The van der Waals surface area contributed by atoms with Crippen molar-refractivity contribution in [2.24, 2.45) is 0 Å². The molecular weight excluding hydrogens is 302 g/mol. The van der Waals surface area contributed by atoms with Crippen LogP contribution in [0, 0.1) is 0 Å². The van der Waals surface area contributed by atoms with E-state index in [2.05, 4.69) is 4.72 Å². The minimum atomic E-state index is -3.42. The van der Waals surface area contributed by atoms with E-state index in [0.717, 1.165) is 23.8 Å². The van der Waals surface area contributed by atoms with Crippen LogP contribution in [0.4, 0.5) is 5.69 Å². The summed E-state index contributed by atoms with van der Waals surface area (Å²) in [6.07, 6.45) is 1.94. The number of hydrogen-bond acceptors (Lipinski definition) is 4. The van der Waals surface area contributed by atoms with Crippen molar-refractivity contribution in [1.82, 2.24) is 0 Å². The molecule has 0 saturated heterocycles. The Morgan fingerprint density at radius 1 is 1.23 bits per heavy atom. The van der Waals surface area contributed by atoms with Gasteiger partial charge in [0, 0.05) is 0 Å². The van der Waals surface area contributed by atoms with E-state index in [-0.39, 0.29) is 0 Å². The number of para-hydroxylation sites is 1. The Kier molecular flexibility index (Phi) is 3.80. The molecule has 0 saturated carbocycles. The Hall–Kier alpha value is -2.05. The van der Waals surface area contributed by atoms with Gasteiger partial charge in [0.15, 0.2) is 5.75 Å². The summed E-state index contributed by atoms with van der Waals surface area (Å²) in [5, 5.41) is 10.0. The Morgan fingerprint density at radius 3 is 2.64 bits per heavy atom. The number of hydrogen-bond donors (Lipinski definition) is 2. The maximum absolute atomic E-state index is 11.6. The van der Waals surface area contributed by atoms with Gasteiger partial charge in [0.2, 0.25) is 10.0 Å². The molecule has 3 rings (SSSR count). The van der Waals surface area contributed by atoms with Crippen molar-refractivity contribution in [3.05, 3.63) is 53.6 Å². The zero-order valence-corrected chi connectivity index (χ0v) is 12.9. The molecule has 0 fully saturated rings. The number of ether oxygens (including phenoxy) is 1. The summed E-state index contributed by atoms with van der Waals surface area (Å²) in [5.41, 5.74) is 2.13. The first-order chi connectivity index (χ1) is 10.4. The van der Waals surface area contributed by atoms with Crippen molar-refractivity contribution < 1.29 is 18.3 Å². The molecule has 0 bridgehead atoms. The van der Waals surface area contributed by atoms with Crippen LogP contribution in [0.1, 0.15) is 23.7 Å². The van der Waals surface area contributed by atoms with E-state index in [1.54, 1.807) is 24.3 Å². The zero-order chi connectivity index (χ0) is 15.7. The molecule has 1 unspecified atom stereocenters. The Labute approximate surface area is 129 Å². The van der Waals surface area contributed by atoms with Gasteiger partial charge in [-0.05, 0) is 48.2 Å². The first kappa shape index (κ1) is 14.9. The van der Waals surface area contributed by atoms with E-state index in [1.165, 1.54) is 0 Å². The lowest BCUT2D eigenvalue weighted by atomic mass is 10.1. The number of nitrogens with one attached hydrogen (secondary N) is 1. The lowest BCUT2D eigenvalue weighted by molar-refractivity contribution is 0.180. The minimum absolute atomic E-state index is 0.385. The van der Waals surface area contributed by atoms with Gasteiger partial charge in [-0.15, -0.1) is 0 Å². The highest BCUT2D eigenvalue weighted by Gasteiger charge is 2.24. The highest BCUT2D eigenvalue weighted by atomic mass is 32.2. The molecule has 0 radical (unpaired) electrons. The average Bonchev–Trinajstić information content (AvgIpc) is 2.80. The van der Waals surface area contributed by atoms with Crippen LogP contribution in [-0.2, 0) is 16.4 Å². The van der Waals surface area contributed by atoms with Crippen LogP contribution in [0.3, 0.4) is 0 Å². The summed E-state index contributed by atoms with van der Waals surface area (Å²) in [4.78, 5) is 0. The Balaban J connectivity index is 2.03. The Bertz CT molecular complexity index is 787. The molecular formula is C16H17NO4S. The van der Waals surface area contributed by atoms with Gasteiger partial charge in [-0.2, -0.15) is 0 Å². The summed E-state index contributed by atoms with van der Waals surface area (Å²) >= 11 is 0. The van der Waals surface area contributed by atoms with Crippen molar-refractivity contribution >= 4 is 15.7 Å². The fraction of sp³-hybridized carbons (Fsp3) is 0.250. The molecule has 2 aromatic carbocycles. The predicted molar refractivity (Wildman–Crippen MR) is 84.7 cm³/mol. The van der Waals surface area contributed by atoms with Gasteiger partial charge >= 0.3 is 0 Å². The van der Waals surface area contributed by atoms with Crippen molar-refractivity contribution in [3.8, 4) is 11.5 Å². The van der Waals surface area contributed by atoms with Gasteiger partial charge in [-0.1, -0.05) is 18.2 Å². The van der Waals surface area contributed by atoms with E-state index in [1.807, 2.05) is 18.2 Å². The second-order valence-corrected chi connectivity index (χ2v) is 7.14. The van der Waals surface area contributed by atoms with Crippen LogP contribution < -0.4 is 9.46 Å². The highest BCUT2D eigenvalue weighted by Crippen LogP contribution is 2.40. The van der Waals surface area contributed by atoms with Gasteiger partial charge in [-0.3, -0.25) is 4.72 Å². The molecule has 22 heavy (non-hydrogen) atoms. The first-order valence-electron chi connectivity index (χ1n) is 6.98. The highest BCUT2D eigenvalue weighted by molar-refractivity contribution is 7.92. The molecule has 116 valence electrons. The van der Waals surface area contributed by atoms with Crippen LogP contribution in [0.5, 0.6) is 11.5 Å². The van der Waals surface area contributed by atoms with Crippen molar-refractivity contribution in [3.63, 3.8) is 0 Å². The van der Waals surface area contributed by atoms with Gasteiger partial charge in [0.05, 0.1) is 18.0 Å². The van der Waals surface area contributed by atoms with E-state index >= 15 is 0 Å². The normalized spacial score (nSPS) is 17.1. The van der Waals surface area contributed by atoms with Crippen LogP contribution in [0.25, 0.3) is 0 Å². The first-order valence-corrected chi connectivity index (χ1v) is 8.87. The standard InChI is InChI=1S/C16H17NO4S/c1-22(19,20)17-14-9-11-7-8-15(18)13(11)10-16(14)21-12-5-3-2-4-6-12/h2-6,9-10,15,17-18H,7-8H2,1H3. The summed E-state index contributed by atoms with van der Waals surface area (Å²) in [7, 11) is -3.42. The maximum atomic E-state index is 11.6. The van der Waals surface area contributed by atoms with Crippen molar-refractivity contribution in [1.29, 1.82) is 0 Å². The summed E-state index contributed by atoms with van der Waals surface area (Å²) in [6, 6.07) is 12.6. The van der Waals surface area contributed by atoms with Crippen LogP contribution >= 0.6 is 0 Å². The molecule has 2 aromatic rings. The minimum Gasteiger partial charge on any atom is -0.455 e. The van der Waals surface area contributed by atoms with Crippen LogP contribution in [-0.4, -0.2) is 19.8 Å². The molecule has 1 atom stereocenters. The van der Waals surface area contributed by atoms with Gasteiger partial charge < -0.3 is 9.84 Å². The molecule has 0 amide bonds. The molecule has 0 spiro atoms. The number of rotatable bonds is 4. The number of sulfonamides is 1. The van der Waals surface area contributed by atoms with Crippen LogP contribution in [0.15, 0.2) is 42.5 Å². The van der Waals surface area contributed by atoms with Crippen molar-refractivity contribution in [2.75, 3.05) is 11.0 Å². The van der Waals surface area contributed by atoms with Crippen molar-refractivity contribution in [2.45, 2.75) is 18.9 Å². The van der Waals surface area contributed by atoms with E-state index in [0.29, 0.717) is 23.6 Å². The lowest BCUT2D eigenvalue weighted by Crippen LogP contribution is -2.11. The van der Waals surface area contributed by atoms with E-state index < -0.39 is 16.1 Å². The molecule has 0 aliphatic heterocycles. The molecule has 0 aromatic heterocycles. The second kappa shape index (κ2) is 5.62. The third kappa shape index (κ3) is 3.23. The number of aryl methyl sites for hydroxylation is 1. The quantitative estimate of drug-likeness (QED) is 0.908. The van der Waals surface area contributed by atoms with Crippen LogP contribution in [0.2, 0.25) is 0 Å². The number of fused-ring (bicyclic) bond motifs is 1. The smallest absolute Gasteiger partial charge is 0.229 e. The number of aliphatic hydroxyl groups excluding tert-OH is 1. The van der Waals surface area contributed by atoms with Gasteiger partial charge in [0.25, 0.3) is 0 Å². The molecule has 6 heteroatoms. The SMILES string of the molecule is CS(=O)(=O)Nc1cc2c(cc1Oc1ccccc1)C(O)CC2. The Morgan fingerprint density at radius 2 is 1.95 bits per heavy atom. The second-order valence-electron chi connectivity index (χ2n) is 5.39.